The van der Waals surface area contributed by atoms with E-state index in [9.17, 15) is 24.0 Å². The fraction of sp³-hybridized carbons (Fsp3) is 0.522. The summed E-state index contributed by atoms with van der Waals surface area (Å²) in [6.07, 6.45) is 4.19. The van der Waals surface area contributed by atoms with Gasteiger partial charge < -0.3 is 10.1 Å². The highest BCUT2D eigenvalue weighted by Crippen LogP contribution is 2.36. The van der Waals surface area contributed by atoms with E-state index < -0.39 is 35.2 Å². The number of imide groups is 2. The number of carbonyl (C=O) groups excluding carboxylic acids is 5. The molecule has 3 aliphatic heterocycles. The first-order valence-electron chi connectivity index (χ1n) is 11.4. The first-order valence-corrected chi connectivity index (χ1v) is 11.4. The highest BCUT2D eigenvalue weighted by atomic mass is 16.5. The molecule has 2 N–H and O–H groups in total. The molecule has 10 heteroatoms. The van der Waals surface area contributed by atoms with Gasteiger partial charge in [-0.05, 0) is 62.6 Å². The van der Waals surface area contributed by atoms with Crippen molar-refractivity contribution in [2.45, 2.75) is 57.1 Å². The van der Waals surface area contributed by atoms with E-state index in [-0.39, 0.29) is 29.3 Å². The summed E-state index contributed by atoms with van der Waals surface area (Å²) < 4.78 is 5.53. The Morgan fingerprint density at radius 1 is 1.12 bits per heavy atom. The van der Waals surface area contributed by atoms with Crippen LogP contribution in [-0.2, 0) is 9.53 Å². The zero-order chi connectivity index (χ0) is 23.3. The predicted molar refractivity (Wildman–Crippen MR) is 114 cm³/mol. The Balaban J connectivity index is 1.30. The maximum atomic E-state index is 13.0. The van der Waals surface area contributed by atoms with Crippen LogP contribution < -0.4 is 10.7 Å². The normalized spacial score (nSPS) is 29.1. The van der Waals surface area contributed by atoms with Crippen molar-refractivity contribution < 1.29 is 28.7 Å². The minimum atomic E-state index is -0.972. The molecular weight excluding hydrogens is 428 g/mol. The van der Waals surface area contributed by atoms with Crippen molar-refractivity contribution in [3.05, 3.63) is 34.9 Å². The molecule has 1 unspecified atom stereocenters. The molecule has 0 bridgehead atoms. The van der Waals surface area contributed by atoms with E-state index in [1.165, 1.54) is 18.2 Å². The molecule has 0 aromatic heterocycles. The van der Waals surface area contributed by atoms with Crippen molar-refractivity contribution in [3.8, 4) is 0 Å². The lowest BCUT2D eigenvalue weighted by atomic mass is 9.77. The molecule has 1 aromatic rings. The predicted octanol–water partition coefficient (Wildman–Crippen LogP) is 1.61. The Morgan fingerprint density at radius 2 is 1.85 bits per heavy atom. The number of hydrazine groups is 1. The van der Waals surface area contributed by atoms with Crippen LogP contribution in [0.15, 0.2) is 18.2 Å². The maximum absolute atomic E-state index is 13.0. The van der Waals surface area contributed by atoms with E-state index in [4.69, 9.17) is 4.74 Å². The van der Waals surface area contributed by atoms with E-state index in [0.29, 0.717) is 25.4 Å². The third kappa shape index (κ3) is 3.58. The lowest BCUT2D eigenvalue weighted by Gasteiger charge is -2.33. The van der Waals surface area contributed by atoms with Gasteiger partial charge in [0, 0.05) is 12.2 Å². The summed E-state index contributed by atoms with van der Waals surface area (Å²) in [6.45, 7) is 2.90. The minimum Gasteiger partial charge on any atom is -0.376 e. The molecule has 6 amide bonds. The van der Waals surface area contributed by atoms with Crippen LogP contribution in [0.2, 0.25) is 0 Å². The van der Waals surface area contributed by atoms with Gasteiger partial charge in [-0.15, -0.1) is 0 Å². The van der Waals surface area contributed by atoms with Crippen molar-refractivity contribution >= 4 is 29.7 Å². The molecule has 0 radical (unpaired) electrons. The van der Waals surface area contributed by atoms with Crippen LogP contribution in [0, 0.1) is 5.92 Å². The average Bonchev–Trinajstić information content (AvgIpc) is 3.46. The molecule has 3 fully saturated rings. The summed E-state index contributed by atoms with van der Waals surface area (Å²) in [5.74, 6) is -1.59. The molecule has 1 spiro atoms. The van der Waals surface area contributed by atoms with Crippen LogP contribution in [-0.4, -0.2) is 64.4 Å². The Labute approximate surface area is 190 Å². The summed E-state index contributed by atoms with van der Waals surface area (Å²) in [5.41, 5.74) is 1.82. The summed E-state index contributed by atoms with van der Waals surface area (Å²) >= 11 is 0. The number of benzene rings is 1. The standard InChI is InChI=1S/C23H26N4O6/c1-13-6-8-23(9-7-13)21(31)27(22(32)24-23)25-18(28)14-4-5-16-17(11-14)20(30)26(19(16)29)12-15-3-2-10-33-15/h4-5,11,13,15H,2-3,6-10,12H2,1H3,(H,24,32)(H,25,28). The van der Waals surface area contributed by atoms with Crippen molar-refractivity contribution in [2.24, 2.45) is 5.92 Å². The molecule has 4 aliphatic rings. The Morgan fingerprint density at radius 3 is 2.55 bits per heavy atom. The summed E-state index contributed by atoms with van der Waals surface area (Å²) in [6, 6.07) is 3.50. The molecule has 2 saturated heterocycles. The van der Waals surface area contributed by atoms with E-state index in [1.54, 1.807) is 0 Å². The smallest absolute Gasteiger partial charge is 0.344 e. The number of fused-ring (bicyclic) bond motifs is 1. The Bertz CT molecular complexity index is 1060. The van der Waals surface area contributed by atoms with Crippen LogP contribution in [0.5, 0.6) is 0 Å². The highest BCUT2D eigenvalue weighted by molar-refractivity contribution is 6.22. The number of hydrogen-bond donors (Lipinski definition) is 2. The zero-order valence-corrected chi connectivity index (χ0v) is 18.4. The van der Waals surface area contributed by atoms with Crippen molar-refractivity contribution in [1.29, 1.82) is 0 Å². The summed E-state index contributed by atoms with van der Waals surface area (Å²) in [7, 11) is 0. The van der Waals surface area contributed by atoms with E-state index >= 15 is 0 Å². The molecule has 174 valence electrons. The Kier molecular flexibility index (Phi) is 5.19. The van der Waals surface area contributed by atoms with E-state index in [1.807, 2.05) is 0 Å². The molecule has 1 saturated carbocycles. The quantitative estimate of drug-likeness (QED) is 0.526. The number of nitrogens with zero attached hydrogens (tertiary/aromatic N) is 2. The van der Waals surface area contributed by atoms with Crippen LogP contribution in [0.1, 0.15) is 76.5 Å². The molecule has 3 heterocycles. The van der Waals surface area contributed by atoms with Gasteiger partial charge in [0.05, 0.1) is 23.8 Å². The molecular formula is C23H26N4O6. The molecule has 1 aromatic carbocycles. The number of urea groups is 1. The van der Waals surface area contributed by atoms with Crippen molar-refractivity contribution in [3.63, 3.8) is 0 Å². The monoisotopic (exact) mass is 454 g/mol. The first-order chi connectivity index (χ1) is 15.8. The van der Waals surface area contributed by atoms with E-state index in [2.05, 4.69) is 17.7 Å². The number of nitrogens with one attached hydrogen (secondary N) is 2. The lowest BCUT2D eigenvalue weighted by Crippen LogP contribution is -2.51. The number of hydrogen-bond acceptors (Lipinski definition) is 6. The second kappa shape index (κ2) is 7.95. The average molecular weight is 454 g/mol. The van der Waals surface area contributed by atoms with Crippen LogP contribution in [0.25, 0.3) is 0 Å². The van der Waals surface area contributed by atoms with Gasteiger partial charge in [0.25, 0.3) is 23.6 Å². The second-order valence-corrected chi connectivity index (χ2v) is 9.39. The van der Waals surface area contributed by atoms with Crippen molar-refractivity contribution in [2.75, 3.05) is 13.2 Å². The molecule has 33 heavy (non-hydrogen) atoms. The maximum Gasteiger partial charge on any atom is 0.344 e. The molecule has 5 rings (SSSR count). The van der Waals surface area contributed by atoms with Gasteiger partial charge in [0.2, 0.25) is 0 Å². The fourth-order valence-corrected chi connectivity index (χ4v) is 5.07. The van der Waals surface area contributed by atoms with Crippen LogP contribution in [0.3, 0.4) is 0 Å². The molecule has 1 aliphatic carbocycles. The van der Waals surface area contributed by atoms with E-state index in [0.717, 1.165) is 35.6 Å². The third-order valence-electron chi connectivity index (χ3n) is 7.15. The summed E-state index contributed by atoms with van der Waals surface area (Å²) in [5, 5.41) is 3.47. The lowest BCUT2D eigenvalue weighted by molar-refractivity contribution is -0.134. The van der Waals surface area contributed by atoms with Crippen LogP contribution >= 0.6 is 0 Å². The largest absolute Gasteiger partial charge is 0.376 e. The van der Waals surface area contributed by atoms with Crippen molar-refractivity contribution in [1.82, 2.24) is 20.7 Å². The fourth-order valence-electron chi connectivity index (χ4n) is 5.07. The van der Waals surface area contributed by atoms with Gasteiger partial charge in [0.1, 0.15) is 5.54 Å². The van der Waals surface area contributed by atoms with Gasteiger partial charge in [-0.2, -0.15) is 5.01 Å². The van der Waals surface area contributed by atoms with Gasteiger partial charge in [-0.1, -0.05) is 6.92 Å². The van der Waals surface area contributed by atoms with Gasteiger partial charge in [0.15, 0.2) is 0 Å². The zero-order valence-electron chi connectivity index (χ0n) is 18.4. The number of rotatable bonds is 4. The minimum absolute atomic E-state index is 0.0766. The number of carbonyl (C=O) groups is 5. The highest BCUT2D eigenvalue weighted by Gasteiger charge is 2.53. The molecule has 1 atom stereocenters. The van der Waals surface area contributed by atoms with Gasteiger partial charge >= 0.3 is 6.03 Å². The van der Waals surface area contributed by atoms with Gasteiger partial charge in [-0.3, -0.25) is 29.5 Å². The van der Waals surface area contributed by atoms with Gasteiger partial charge in [-0.25, -0.2) is 4.79 Å². The second-order valence-electron chi connectivity index (χ2n) is 9.39. The number of amides is 6. The number of ether oxygens (including phenoxy) is 1. The first kappa shape index (κ1) is 21.6. The topological polar surface area (TPSA) is 125 Å². The SMILES string of the molecule is CC1CCC2(CC1)NC(=O)N(NC(=O)c1ccc3c(c1)C(=O)N(CC1CCCO1)C3=O)C2=O. The molecule has 10 nitrogen and oxygen atoms in total. The third-order valence-corrected chi connectivity index (χ3v) is 7.15. The Hall–Kier alpha value is -3.27. The van der Waals surface area contributed by atoms with Crippen LogP contribution in [0.4, 0.5) is 4.79 Å². The summed E-state index contributed by atoms with van der Waals surface area (Å²) in [4.78, 5) is 64.9.